The number of methoxy groups -OCH3 is 1. The van der Waals surface area contributed by atoms with E-state index in [-0.39, 0.29) is 0 Å². The minimum Gasteiger partial charge on any atom is -0.496 e. The number of hydrogen-bond donors (Lipinski definition) is 1. The first-order chi connectivity index (χ1) is 9.61. The quantitative estimate of drug-likeness (QED) is 0.862. The first-order valence-corrected chi connectivity index (χ1v) is 7.18. The largest absolute Gasteiger partial charge is 0.496 e. The number of primary amides is 1. The van der Waals surface area contributed by atoms with Crippen LogP contribution >= 0.6 is 23.4 Å². The first kappa shape index (κ1) is 14.7. The minimum absolute atomic E-state index is 0.302. The normalized spacial score (nSPS) is 10.3. The van der Waals surface area contributed by atoms with Gasteiger partial charge in [-0.1, -0.05) is 29.8 Å². The summed E-state index contributed by atoms with van der Waals surface area (Å²) in [7, 11) is 1.64. The van der Waals surface area contributed by atoms with E-state index in [0.717, 1.165) is 11.3 Å². The van der Waals surface area contributed by atoms with Gasteiger partial charge in [0, 0.05) is 17.5 Å². The van der Waals surface area contributed by atoms with Crippen LogP contribution in [0.15, 0.2) is 41.6 Å². The lowest BCUT2D eigenvalue weighted by Crippen LogP contribution is -2.11. The third kappa shape index (κ3) is 3.43. The summed E-state index contributed by atoms with van der Waals surface area (Å²) in [5.41, 5.74) is 6.53. The van der Waals surface area contributed by atoms with Crippen molar-refractivity contribution in [3.05, 3.63) is 52.7 Å². The van der Waals surface area contributed by atoms with E-state index in [9.17, 15) is 4.79 Å². The topological polar surface area (TPSA) is 65.2 Å². The molecule has 4 nitrogen and oxygen atoms in total. The van der Waals surface area contributed by atoms with Gasteiger partial charge in [-0.25, -0.2) is 4.98 Å². The van der Waals surface area contributed by atoms with Crippen molar-refractivity contribution in [2.75, 3.05) is 7.11 Å². The van der Waals surface area contributed by atoms with Crippen LogP contribution in [0.3, 0.4) is 0 Å². The van der Waals surface area contributed by atoms with Gasteiger partial charge in [0.05, 0.1) is 17.7 Å². The fraction of sp³-hybridized carbons (Fsp3) is 0.143. The number of nitrogens with two attached hydrogens (primary N) is 1. The summed E-state index contributed by atoms with van der Waals surface area (Å²) in [6.45, 7) is 0. The molecule has 0 aliphatic carbocycles. The Labute approximate surface area is 126 Å². The first-order valence-electron chi connectivity index (χ1n) is 5.82. The van der Waals surface area contributed by atoms with Gasteiger partial charge in [-0.15, -0.1) is 11.8 Å². The van der Waals surface area contributed by atoms with Crippen molar-refractivity contribution in [3.8, 4) is 5.75 Å². The molecule has 0 spiro atoms. The lowest BCUT2D eigenvalue weighted by Gasteiger charge is -2.08. The number of nitrogens with zero attached hydrogens (tertiary/aromatic N) is 1. The van der Waals surface area contributed by atoms with Crippen LogP contribution in [0.1, 0.15) is 15.9 Å². The molecule has 2 N–H and O–H groups in total. The van der Waals surface area contributed by atoms with Crippen LogP contribution in [0.5, 0.6) is 5.75 Å². The molecule has 0 aliphatic rings. The summed E-state index contributed by atoms with van der Waals surface area (Å²) < 4.78 is 5.29. The Balaban J connectivity index is 2.13. The highest BCUT2D eigenvalue weighted by Gasteiger charge is 2.09. The zero-order valence-corrected chi connectivity index (χ0v) is 12.4. The predicted octanol–water partition coefficient (Wildman–Crippen LogP) is 3.13. The second kappa shape index (κ2) is 6.63. The molecule has 0 saturated heterocycles. The number of pyridine rings is 1. The maximum atomic E-state index is 11.0. The molecular formula is C14H13ClN2O2S. The SMILES string of the molecule is COc1ccccc1CSc1ncc(C(N)=O)cc1Cl. The van der Waals surface area contributed by atoms with Gasteiger partial charge in [-0.3, -0.25) is 4.79 Å². The van der Waals surface area contributed by atoms with Crippen LogP contribution in [-0.4, -0.2) is 18.0 Å². The number of aromatic nitrogens is 1. The molecule has 104 valence electrons. The zero-order chi connectivity index (χ0) is 14.5. The average Bonchev–Trinajstić information content (AvgIpc) is 2.46. The molecule has 6 heteroatoms. The number of carbonyl (C=O) groups is 1. The van der Waals surface area contributed by atoms with Crippen molar-refractivity contribution in [3.63, 3.8) is 0 Å². The van der Waals surface area contributed by atoms with Gasteiger partial charge in [0.15, 0.2) is 0 Å². The van der Waals surface area contributed by atoms with Crippen molar-refractivity contribution in [2.45, 2.75) is 10.8 Å². The maximum absolute atomic E-state index is 11.0. The van der Waals surface area contributed by atoms with Gasteiger partial charge >= 0.3 is 0 Å². The van der Waals surface area contributed by atoms with E-state index in [1.807, 2.05) is 24.3 Å². The van der Waals surface area contributed by atoms with Crippen LogP contribution in [0.25, 0.3) is 0 Å². The number of carbonyl (C=O) groups excluding carboxylic acids is 1. The van der Waals surface area contributed by atoms with Crippen molar-refractivity contribution in [1.29, 1.82) is 0 Å². The second-order valence-electron chi connectivity index (χ2n) is 3.98. The summed E-state index contributed by atoms with van der Waals surface area (Å²) in [6.07, 6.45) is 1.43. The molecule has 1 heterocycles. The molecule has 0 saturated carbocycles. The molecule has 0 bridgehead atoms. The standard InChI is InChI=1S/C14H13ClN2O2S/c1-19-12-5-3-2-4-9(12)8-20-14-11(15)6-10(7-17-14)13(16)18/h2-7H,8H2,1H3,(H2,16,18). The highest BCUT2D eigenvalue weighted by Crippen LogP contribution is 2.31. The van der Waals surface area contributed by atoms with E-state index in [0.29, 0.717) is 21.4 Å². The average molecular weight is 309 g/mol. The van der Waals surface area contributed by atoms with Gasteiger partial charge in [-0.2, -0.15) is 0 Å². The molecule has 1 amide bonds. The van der Waals surface area contributed by atoms with Crippen LogP contribution in [0, 0.1) is 0 Å². The lowest BCUT2D eigenvalue weighted by molar-refractivity contribution is 0.1000. The molecule has 2 rings (SSSR count). The van der Waals surface area contributed by atoms with E-state index < -0.39 is 5.91 Å². The third-order valence-electron chi connectivity index (χ3n) is 2.65. The highest BCUT2D eigenvalue weighted by molar-refractivity contribution is 7.98. The van der Waals surface area contributed by atoms with Crippen LogP contribution < -0.4 is 10.5 Å². The fourth-order valence-electron chi connectivity index (χ4n) is 1.63. The molecule has 1 aromatic carbocycles. The van der Waals surface area contributed by atoms with Crippen LogP contribution in [-0.2, 0) is 5.75 Å². The third-order valence-corrected chi connectivity index (χ3v) is 4.10. The van der Waals surface area contributed by atoms with Gasteiger partial charge in [0.25, 0.3) is 0 Å². The van der Waals surface area contributed by atoms with E-state index in [1.54, 1.807) is 7.11 Å². The summed E-state index contributed by atoms with van der Waals surface area (Å²) in [6, 6.07) is 9.28. The summed E-state index contributed by atoms with van der Waals surface area (Å²) >= 11 is 7.57. The molecule has 20 heavy (non-hydrogen) atoms. The Morgan fingerprint density at radius 3 is 2.85 bits per heavy atom. The summed E-state index contributed by atoms with van der Waals surface area (Å²) in [5.74, 6) is 0.956. The van der Waals surface area contributed by atoms with E-state index >= 15 is 0 Å². The number of para-hydroxylation sites is 1. The second-order valence-corrected chi connectivity index (χ2v) is 5.35. The number of halogens is 1. The van der Waals surface area contributed by atoms with Crippen molar-refractivity contribution >= 4 is 29.3 Å². The number of ether oxygens (including phenoxy) is 1. The highest BCUT2D eigenvalue weighted by atomic mass is 35.5. The molecule has 1 aromatic heterocycles. The number of rotatable bonds is 5. The number of benzene rings is 1. The Bertz CT molecular complexity index is 634. The Kier molecular flexibility index (Phi) is 4.87. The minimum atomic E-state index is -0.541. The van der Waals surface area contributed by atoms with Gasteiger partial charge in [0.1, 0.15) is 10.8 Å². The van der Waals surface area contributed by atoms with Crippen molar-refractivity contribution in [1.82, 2.24) is 4.98 Å². The Hall–Kier alpha value is -1.72. The Morgan fingerprint density at radius 2 is 2.20 bits per heavy atom. The summed E-state index contributed by atoms with van der Waals surface area (Å²) in [5, 5.41) is 1.07. The van der Waals surface area contributed by atoms with Crippen LogP contribution in [0.4, 0.5) is 0 Å². The molecule has 0 unspecified atom stereocenters. The molecule has 0 atom stereocenters. The summed E-state index contributed by atoms with van der Waals surface area (Å²) in [4.78, 5) is 15.2. The van der Waals surface area contributed by atoms with Gasteiger partial charge in [-0.05, 0) is 12.1 Å². The predicted molar refractivity (Wildman–Crippen MR) is 80.3 cm³/mol. The van der Waals surface area contributed by atoms with Gasteiger partial charge < -0.3 is 10.5 Å². The number of thioether (sulfide) groups is 1. The van der Waals surface area contributed by atoms with E-state index in [4.69, 9.17) is 22.1 Å². The Morgan fingerprint density at radius 1 is 1.45 bits per heavy atom. The molecule has 0 radical (unpaired) electrons. The monoisotopic (exact) mass is 308 g/mol. The van der Waals surface area contributed by atoms with Gasteiger partial charge in [0.2, 0.25) is 5.91 Å². The maximum Gasteiger partial charge on any atom is 0.250 e. The molecule has 0 aliphatic heterocycles. The van der Waals surface area contributed by atoms with Crippen molar-refractivity contribution in [2.24, 2.45) is 5.73 Å². The lowest BCUT2D eigenvalue weighted by atomic mass is 10.2. The fourth-order valence-corrected chi connectivity index (χ4v) is 2.82. The molecular weight excluding hydrogens is 296 g/mol. The number of amides is 1. The van der Waals surface area contributed by atoms with E-state index in [2.05, 4.69) is 4.98 Å². The number of hydrogen-bond acceptors (Lipinski definition) is 4. The molecule has 0 fully saturated rings. The smallest absolute Gasteiger partial charge is 0.250 e. The molecule has 2 aromatic rings. The van der Waals surface area contributed by atoms with E-state index in [1.165, 1.54) is 24.0 Å². The van der Waals surface area contributed by atoms with Crippen LogP contribution in [0.2, 0.25) is 5.02 Å². The van der Waals surface area contributed by atoms with Crippen molar-refractivity contribution < 1.29 is 9.53 Å². The zero-order valence-electron chi connectivity index (χ0n) is 10.8.